The Bertz CT molecular complexity index is 1860. The summed E-state index contributed by atoms with van der Waals surface area (Å²) in [7, 11) is 0. The molecule has 12 nitrogen and oxygen atoms in total. The number of piperazine rings is 1. The van der Waals surface area contributed by atoms with E-state index in [-0.39, 0.29) is 36.5 Å². The van der Waals surface area contributed by atoms with Gasteiger partial charge >= 0.3 is 5.69 Å². The third kappa shape index (κ3) is 7.68. The van der Waals surface area contributed by atoms with Gasteiger partial charge in [-0.1, -0.05) is 42.8 Å². The maximum absolute atomic E-state index is 12.8. The number of ether oxygens (including phenoxy) is 3. The molecule has 4 aromatic rings. The van der Waals surface area contributed by atoms with E-state index in [2.05, 4.69) is 55.9 Å². The van der Waals surface area contributed by atoms with Crippen LogP contribution in [0.4, 0.5) is 11.4 Å². The summed E-state index contributed by atoms with van der Waals surface area (Å²) in [5.41, 5.74) is 3.33. The van der Waals surface area contributed by atoms with Crippen molar-refractivity contribution >= 4 is 34.6 Å². The SMILES string of the molecule is C=C(/C(Cl)=C(Cl)\C=C/C)[C@]1(Cn2nccn2)OC[C@@H](COc2ccc(N3CCN(c4ccc(-n5cnn(C(C)CC)c5=O)cc4)CC3)cc2)O1. The Morgan fingerprint density at radius 2 is 1.60 bits per heavy atom. The predicted octanol–water partition coefficient (Wildman–Crippen LogP) is 5.94. The molecule has 2 aromatic heterocycles. The molecular formula is C36H42Cl2N8O4. The Morgan fingerprint density at radius 3 is 2.20 bits per heavy atom. The van der Waals surface area contributed by atoms with Gasteiger partial charge in [0.2, 0.25) is 5.79 Å². The lowest BCUT2D eigenvalue weighted by atomic mass is 10.1. The second kappa shape index (κ2) is 15.7. The quantitative estimate of drug-likeness (QED) is 0.155. The van der Waals surface area contributed by atoms with Crippen molar-refractivity contribution in [3.63, 3.8) is 0 Å². The molecular weight excluding hydrogens is 679 g/mol. The number of aromatic nitrogens is 6. The maximum Gasteiger partial charge on any atom is 0.350 e. The molecule has 0 spiro atoms. The smallest absolute Gasteiger partial charge is 0.350 e. The van der Waals surface area contributed by atoms with E-state index in [1.807, 2.05) is 45.0 Å². The van der Waals surface area contributed by atoms with Crippen LogP contribution in [-0.2, 0) is 16.0 Å². The van der Waals surface area contributed by atoms with E-state index in [4.69, 9.17) is 37.4 Å². The van der Waals surface area contributed by atoms with E-state index in [9.17, 15) is 4.79 Å². The Morgan fingerprint density at radius 1 is 1.00 bits per heavy atom. The van der Waals surface area contributed by atoms with Crippen molar-refractivity contribution in [3.05, 3.63) is 112 Å². The van der Waals surface area contributed by atoms with Gasteiger partial charge in [0.25, 0.3) is 0 Å². The zero-order valence-electron chi connectivity index (χ0n) is 28.5. The van der Waals surface area contributed by atoms with E-state index in [0.717, 1.165) is 55.4 Å². The van der Waals surface area contributed by atoms with Crippen LogP contribution in [0.3, 0.4) is 0 Å². The summed E-state index contributed by atoms with van der Waals surface area (Å²) in [6, 6.07) is 16.3. The lowest BCUT2D eigenvalue weighted by Crippen LogP contribution is -2.46. The Hall–Kier alpha value is -4.36. The first-order valence-electron chi connectivity index (χ1n) is 16.7. The fraction of sp³-hybridized carbons (Fsp3) is 0.389. The van der Waals surface area contributed by atoms with Crippen LogP contribution < -0.4 is 20.2 Å². The van der Waals surface area contributed by atoms with Crippen molar-refractivity contribution in [2.45, 2.75) is 51.7 Å². The first kappa shape index (κ1) is 35.5. The summed E-state index contributed by atoms with van der Waals surface area (Å²) >= 11 is 13.0. The van der Waals surface area contributed by atoms with Gasteiger partial charge in [-0.2, -0.15) is 20.1 Å². The lowest BCUT2D eigenvalue weighted by Gasteiger charge is -2.37. The van der Waals surface area contributed by atoms with Crippen LogP contribution >= 0.6 is 23.2 Å². The first-order chi connectivity index (χ1) is 24.2. The Labute approximate surface area is 301 Å². The summed E-state index contributed by atoms with van der Waals surface area (Å²) < 4.78 is 21.8. The van der Waals surface area contributed by atoms with Gasteiger partial charge in [-0.25, -0.2) is 14.0 Å². The number of hydrogen-bond donors (Lipinski definition) is 0. The highest BCUT2D eigenvalue weighted by Gasteiger charge is 2.46. The molecule has 2 fully saturated rings. The van der Waals surface area contributed by atoms with Crippen molar-refractivity contribution in [2.24, 2.45) is 0 Å². The van der Waals surface area contributed by atoms with Gasteiger partial charge in [0, 0.05) is 43.1 Å². The van der Waals surface area contributed by atoms with Gasteiger partial charge in [0.15, 0.2) is 0 Å². The largest absolute Gasteiger partial charge is 0.491 e. The molecule has 14 heteroatoms. The molecule has 6 rings (SSSR count). The lowest BCUT2D eigenvalue weighted by molar-refractivity contribution is -0.152. The number of allylic oxidation sites excluding steroid dienone is 3. The molecule has 0 amide bonds. The summed E-state index contributed by atoms with van der Waals surface area (Å²) in [4.78, 5) is 19.0. The van der Waals surface area contributed by atoms with Crippen molar-refractivity contribution in [2.75, 3.05) is 49.2 Å². The minimum absolute atomic E-state index is 0.0614. The molecule has 2 saturated heterocycles. The van der Waals surface area contributed by atoms with Gasteiger partial charge in [-0.3, -0.25) is 0 Å². The van der Waals surface area contributed by atoms with E-state index >= 15 is 0 Å². The van der Waals surface area contributed by atoms with Crippen LogP contribution in [-0.4, -0.2) is 80.6 Å². The highest BCUT2D eigenvalue weighted by molar-refractivity contribution is 6.41. The molecule has 50 heavy (non-hydrogen) atoms. The minimum atomic E-state index is -1.31. The van der Waals surface area contributed by atoms with Crippen molar-refractivity contribution < 1.29 is 14.2 Å². The fourth-order valence-corrected chi connectivity index (χ4v) is 6.43. The second-order valence-corrected chi connectivity index (χ2v) is 13.1. The van der Waals surface area contributed by atoms with Crippen LogP contribution in [0.5, 0.6) is 5.75 Å². The number of rotatable bonds is 13. The number of halogens is 2. The maximum atomic E-state index is 12.8. The Kier molecular flexibility index (Phi) is 11.1. The van der Waals surface area contributed by atoms with E-state index in [1.54, 1.807) is 35.4 Å². The van der Waals surface area contributed by atoms with Crippen LogP contribution in [0.25, 0.3) is 5.69 Å². The number of benzene rings is 2. The average molecular weight is 722 g/mol. The zero-order chi connectivity index (χ0) is 35.3. The summed E-state index contributed by atoms with van der Waals surface area (Å²) in [6.07, 6.45) is 8.68. The monoisotopic (exact) mass is 720 g/mol. The summed E-state index contributed by atoms with van der Waals surface area (Å²) in [6.45, 7) is 14.2. The summed E-state index contributed by atoms with van der Waals surface area (Å²) in [5, 5.41) is 13.3. The normalized spacial score (nSPS) is 20.7. The molecule has 0 aliphatic carbocycles. The van der Waals surface area contributed by atoms with Gasteiger partial charge in [0.05, 0.1) is 40.8 Å². The van der Waals surface area contributed by atoms with E-state index in [0.29, 0.717) is 10.6 Å². The third-order valence-electron chi connectivity index (χ3n) is 9.04. The van der Waals surface area contributed by atoms with Crippen LogP contribution in [0.15, 0.2) is 106 Å². The van der Waals surface area contributed by atoms with Crippen LogP contribution in [0.2, 0.25) is 0 Å². The average Bonchev–Trinajstić information content (AvgIpc) is 3.91. The predicted molar refractivity (Wildman–Crippen MR) is 195 cm³/mol. The highest BCUT2D eigenvalue weighted by atomic mass is 35.5. The fourth-order valence-electron chi connectivity index (χ4n) is 5.98. The molecule has 1 unspecified atom stereocenters. The molecule has 264 valence electrons. The van der Waals surface area contributed by atoms with Gasteiger partial charge < -0.3 is 24.0 Å². The standard InChI is InChI=1S/C36H42Cl2N8O4/c1-5-7-33(37)34(38)27(4)36(24-45-39-16-17-40-45)49-23-32(50-36)22-48-31-14-12-29(13-15-31)43-20-18-42(19-21-43)28-8-10-30(11-9-28)44-25-41-46(35(44)47)26(3)6-2/h5,7-17,25-26,32H,4,6,18-24H2,1-3H3/b7-5-,34-33-/t26?,32-,36-/m1/s1. The molecule has 0 radical (unpaired) electrons. The molecule has 3 atom stereocenters. The zero-order valence-corrected chi connectivity index (χ0v) is 30.0. The minimum Gasteiger partial charge on any atom is -0.491 e. The van der Waals surface area contributed by atoms with Gasteiger partial charge in [0.1, 0.15) is 31.3 Å². The van der Waals surface area contributed by atoms with Crippen molar-refractivity contribution in [3.8, 4) is 11.4 Å². The molecule has 0 N–H and O–H groups in total. The highest BCUT2D eigenvalue weighted by Crippen LogP contribution is 2.39. The number of anilines is 2. The van der Waals surface area contributed by atoms with E-state index < -0.39 is 11.9 Å². The van der Waals surface area contributed by atoms with Crippen molar-refractivity contribution in [1.29, 1.82) is 0 Å². The van der Waals surface area contributed by atoms with Gasteiger partial charge in [-0.15, -0.1) is 0 Å². The third-order valence-corrected chi connectivity index (χ3v) is 9.88. The van der Waals surface area contributed by atoms with E-state index in [1.165, 1.54) is 9.48 Å². The Balaban J connectivity index is 1.02. The molecule has 2 aliphatic rings. The molecule has 2 aromatic carbocycles. The summed E-state index contributed by atoms with van der Waals surface area (Å²) in [5.74, 6) is -0.583. The van der Waals surface area contributed by atoms with Crippen LogP contribution in [0, 0.1) is 0 Å². The molecule has 0 bridgehead atoms. The molecule has 2 aliphatic heterocycles. The van der Waals surface area contributed by atoms with Gasteiger partial charge in [-0.05, 0) is 74.9 Å². The topological polar surface area (TPSA) is 105 Å². The number of hydrogen-bond acceptors (Lipinski definition) is 9. The van der Waals surface area contributed by atoms with Crippen LogP contribution in [0.1, 0.15) is 33.2 Å². The molecule has 0 saturated carbocycles. The number of nitrogens with zero attached hydrogens (tertiary/aromatic N) is 8. The second-order valence-electron chi connectivity index (χ2n) is 12.3. The molecule has 4 heterocycles. The van der Waals surface area contributed by atoms with Crippen molar-refractivity contribution in [1.82, 2.24) is 29.3 Å². The first-order valence-corrected chi connectivity index (χ1v) is 17.5.